The van der Waals surface area contributed by atoms with E-state index < -0.39 is 0 Å². The lowest BCUT2D eigenvalue weighted by Crippen LogP contribution is -1.90. The molecular weight excluding hydrogens is 180 g/mol. The lowest BCUT2D eigenvalue weighted by molar-refractivity contribution is 0.919. The zero-order chi connectivity index (χ0) is 11.1. The molecule has 0 aliphatic heterocycles. The highest BCUT2D eigenvalue weighted by Gasteiger charge is 2.01. The summed E-state index contributed by atoms with van der Waals surface area (Å²) in [5.41, 5.74) is 3.68. The molecule has 0 nitrogen and oxygen atoms in total. The van der Waals surface area contributed by atoms with E-state index in [4.69, 9.17) is 0 Å². The lowest BCUT2D eigenvalue weighted by atomic mass is 9.97. The van der Waals surface area contributed by atoms with Crippen molar-refractivity contribution >= 4 is 5.57 Å². The van der Waals surface area contributed by atoms with Gasteiger partial charge in [0.15, 0.2) is 0 Å². The van der Waals surface area contributed by atoms with Crippen LogP contribution in [0.15, 0.2) is 55.7 Å². The summed E-state index contributed by atoms with van der Waals surface area (Å²) in [7, 11) is 0. The summed E-state index contributed by atoms with van der Waals surface area (Å²) >= 11 is 0. The normalized spacial score (nSPS) is 10.5. The van der Waals surface area contributed by atoms with Crippen LogP contribution in [0, 0.1) is 0 Å². The first-order valence-corrected chi connectivity index (χ1v) is 5.36. The predicted octanol–water partition coefficient (Wildman–Crippen LogP) is 4.39. The van der Waals surface area contributed by atoms with Crippen LogP contribution in [0.25, 0.3) is 5.57 Å². The number of aryl methyl sites for hydroxylation is 1. The maximum atomic E-state index is 4.07. The standard InChI is InChI=1S/C15H18/c1-4-6-10-13(3)15-12-8-7-11-14(15)9-5-2/h4,6-8,10-12H,1,3,5,9H2,2H3/b10-6-. The molecule has 1 aromatic carbocycles. The molecular formula is C15H18. The summed E-state index contributed by atoms with van der Waals surface area (Å²) in [6.07, 6.45) is 7.97. The van der Waals surface area contributed by atoms with Gasteiger partial charge in [-0.3, -0.25) is 0 Å². The van der Waals surface area contributed by atoms with Gasteiger partial charge in [0.05, 0.1) is 0 Å². The van der Waals surface area contributed by atoms with Gasteiger partial charge < -0.3 is 0 Å². The zero-order valence-electron chi connectivity index (χ0n) is 9.37. The van der Waals surface area contributed by atoms with Crippen LogP contribution < -0.4 is 0 Å². The first kappa shape index (κ1) is 11.5. The second-order valence-electron chi connectivity index (χ2n) is 3.53. The van der Waals surface area contributed by atoms with Crippen molar-refractivity contribution in [1.29, 1.82) is 0 Å². The van der Waals surface area contributed by atoms with Gasteiger partial charge in [-0.15, -0.1) is 0 Å². The van der Waals surface area contributed by atoms with Crippen molar-refractivity contribution in [3.63, 3.8) is 0 Å². The maximum absolute atomic E-state index is 4.07. The van der Waals surface area contributed by atoms with E-state index in [9.17, 15) is 0 Å². The van der Waals surface area contributed by atoms with Gasteiger partial charge in [-0.25, -0.2) is 0 Å². The minimum absolute atomic E-state index is 1.05. The van der Waals surface area contributed by atoms with E-state index >= 15 is 0 Å². The minimum Gasteiger partial charge on any atom is -0.0991 e. The van der Waals surface area contributed by atoms with Gasteiger partial charge in [0.2, 0.25) is 0 Å². The fourth-order valence-electron chi connectivity index (χ4n) is 1.59. The van der Waals surface area contributed by atoms with Gasteiger partial charge in [-0.05, 0) is 23.1 Å². The summed E-state index contributed by atoms with van der Waals surface area (Å²) in [6.45, 7) is 9.92. The molecule has 0 aliphatic carbocycles. The molecule has 0 heteroatoms. The summed E-state index contributed by atoms with van der Waals surface area (Å²) in [6, 6.07) is 8.44. The van der Waals surface area contributed by atoms with Gasteiger partial charge in [-0.1, -0.05) is 69.0 Å². The fraction of sp³-hybridized carbons (Fsp3) is 0.200. The van der Waals surface area contributed by atoms with Gasteiger partial charge >= 0.3 is 0 Å². The molecule has 1 aromatic rings. The fourth-order valence-corrected chi connectivity index (χ4v) is 1.59. The summed E-state index contributed by atoms with van der Waals surface area (Å²) in [5, 5.41) is 0. The van der Waals surface area contributed by atoms with Gasteiger partial charge in [0.25, 0.3) is 0 Å². The molecule has 0 amide bonds. The molecule has 0 atom stereocenters. The number of hydrogen-bond acceptors (Lipinski definition) is 0. The molecule has 0 saturated heterocycles. The molecule has 0 saturated carbocycles. The second-order valence-corrected chi connectivity index (χ2v) is 3.53. The number of hydrogen-bond donors (Lipinski definition) is 0. The number of benzene rings is 1. The Balaban J connectivity index is 2.96. The Bertz CT molecular complexity index is 369. The topological polar surface area (TPSA) is 0 Å². The van der Waals surface area contributed by atoms with E-state index in [1.54, 1.807) is 6.08 Å². The Morgan fingerprint density at radius 3 is 2.73 bits per heavy atom. The van der Waals surface area contributed by atoms with Crippen LogP contribution in [0.5, 0.6) is 0 Å². The van der Waals surface area contributed by atoms with E-state index in [-0.39, 0.29) is 0 Å². The van der Waals surface area contributed by atoms with Crippen LogP contribution in [0.2, 0.25) is 0 Å². The Morgan fingerprint density at radius 2 is 2.07 bits per heavy atom. The average Bonchev–Trinajstić information content (AvgIpc) is 2.27. The van der Waals surface area contributed by atoms with E-state index in [0.29, 0.717) is 0 Å². The molecule has 1 rings (SSSR count). The van der Waals surface area contributed by atoms with Crippen LogP contribution in [0.4, 0.5) is 0 Å². The highest BCUT2D eigenvalue weighted by Crippen LogP contribution is 2.20. The molecule has 0 aliphatic rings. The Morgan fingerprint density at radius 1 is 1.33 bits per heavy atom. The van der Waals surface area contributed by atoms with Crippen LogP contribution in [0.3, 0.4) is 0 Å². The molecule has 0 aromatic heterocycles. The van der Waals surface area contributed by atoms with Crippen LogP contribution in [0.1, 0.15) is 24.5 Å². The second kappa shape index (κ2) is 6.02. The van der Waals surface area contributed by atoms with Crippen molar-refractivity contribution in [2.45, 2.75) is 19.8 Å². The maximum Gasteiger partial charge on any atom is -0.0158 e. The first-order valence-electron chi connectivity index (χ1n) is 5.36. The lowest BCUT2D eigenvalue weighted by Gasteiger charge is -2.07. The molecule has 15 heavy (non-hydrogen) atoms. The van der Waals surface area contributed by atoms with E-state index in [0.717, 1.165) is 18.4 Å². The van der Waals surface area contributed by atoms with Gasteiger partial charge in [-0.2, -0.15) is 0 Å². The first-order chi connectivity index (χ1) is 7.29. The summed E-state index contributed by atoms with van der Waals surface area (Å²) in [4.78, 5) is 0. The Hall–Kier alpha value is -1.56. The third-order valence-electron chi connectivity index (χ3n) is 2.32. The van der Waals surface area contributed by atoms with E-state index in [2.05, 4.69) is 44.3 Å². The van der Waals surface area contributed by atoms with Crippen LogP contribution in [-0.4, -0.2) is 0 Å². The average molecular weight is 198 g/mol. The largest absolute Gasteiger partial charge is 0.0991 e. The minimum atomic E-state index is 1.05. The molecule has 0 spiro atoms. The van der Waals surface area contributed by atoms with Crippen molar-refractivity contribution in [3.8, 4) is 0 Å². The van der Waals surface area contributed by atoms with E-state index in [1.165, 1.54) is 11.1 Å². The number of allylic oxidation sites excluding steroid dienone is 4. The highest BCUT2D eigenvalue weighted by molar-refractivity contribution is 5.74. The van der Waals surface area contributed by atoms with E-state index in [1.807, 2.05) is 12.2 Å². The third-order valence-corrected chi connectivity index (χ3v) is 2.32. The molecule has 0 heterocycles. The van der Waals surface area contributed by atoms with Crippen molar-refractivity contribution in [2.24, 2.45) is 0 Å². The molecule has 0 N–H and O–H groups in total. The van der Waals surface area contributed by atoms with Crippen molar-refractivity contribution in [3.05, 3.63) is 66.8 Å². The third kappa shape index (κ3) is 3.25. The van der Waals surface area contributed by atoms with Crippen molar-refractivity contribution in [1.82, 2.24) is 0 Å². The highest BCUT2D eigenvalue weighted by atomic mass is 14.1. The van der Waals surface area contributed by atoms with Gasteiger partial charge in [0.1, 0.15) is 0 Å². The summed E-state index contributed by atoms with van der Waals surface area (Å²) < 4.78 is 0. The van der Waals surface area contributed by atoms with Crippen LogP contribution in [-0.2, 0) is 6.42 Å². The molecule has 0 fully saturated rings. The number of rotatable bonds is 5. The van der Waals surface area contributed by atoms with Crippen molar-refractivity contribution < 1.29 is 0 Å². The van der Waals surface area contributed by atoms with Gasteiger partial charge in [0, 0.05) is 0 Å². The monoisotopic (exact) mass is 198 g/mol. The molecule has 0 unspecified atom stereocenters. The molecule has 0 radical (unpaired) electrons. The molecule has 78 valence electrons. The smallest absolute Gasteiger partial charge is 0.0158 e. The van der Waals surface area contributed by atoms with Crippen molar-refractivity contribution in [2.75, 3.05) is 0 Å². The van der Waals surface area contributed by atoms with Crippen LogP contribution >= 0.6 is 0 Å². The Labute approximate surface area is 92.6 Å². The quantitative estimate of drug-likeness (QED) is 0.615. The Kier molecular flexibility index (Phi) is 4.62. The SMILES string of the molecule is C=C/C=C\C(=C)c1ccccc1CCC. The molecule has 0 bridgehead atoms. The predicted molar refractivity (Wildman–Crippen MR) is 68.8 cm³/mol. The zero-order valence-corrected chi connectivity index (χ0v) is 9.37. The summed E-state index contributed by atoms with van der Waals surface area (Å²) in [5.74, 6) is 0.